The summed E-state index contributed by atoms with van der Waals surface area (Å²) in [5, 5.41) is 22.0. The van der Waals surface area contributed by atoms with E-state index < -0.39 is 19.0 Å². The molecule has 9 heteroatoms. The van der Waals surface area contributed by atoms with Crippen molar-refractivity contribution in [1.29, 1.82) is 0 Å². The molecule has 1 aromatic carbocycles. The van der Waals surface area contributed by atoms with Crippen molar-refractivity contribution < 1.29 is 24.4 Å². The van der Waals surface area contributed by atoms with E-state index in [1.807, 2.05) is 0 Å². The Kier molecular flexibility index (Phi) is 4.52. The van der Waals surface area contributed by atoms with E-state index in [2.05, 4.69) is 10.3 Å². The molecule has 0 saturated carbocycles. The molecule has 2 heterocycles. The topological polar surface area (TPSA) is 114 Å². The number of nitrogens with one attached hydrogen (secondary N) is 1. The monoisotopic (exact) mass is 329 g/mol. The van der Waals surface area contributed by atoms with E-state index >= 15 is 0 Å². The van der Waals surface area contributed by atoms with Gasteiger partial charge in [-0.15, -0.1) is 0 Å². The molecule has 1 aromatic heterocycles. The predicted molar refractivity (Wildman–Crippen MR) is 84.5 cm³/mol. The smallest absolute Gasteiger partial charge is 0.534 e. The first-order chi connectivity index (χ1) is 11.5. The minimum absolute atomic E-state index is 0.00330. The van der Waals surface area contributed by atoms with Crippen LogP contribution in [-0.2, 0) is 17.8 Å². The second-order valence-corrected chi connectivity index (χ2v) is 5.54. The minimum atomic E-state index is -1.30. The normalized spacial score (nSPS) is 16.2. The number of amides is 1. The van der Waals surface area contributed by atoms with Crippen molar-refractivity contribution in [2.45, 2.75) is 25.3 Å². The third-order valence-electron chi connectivity index (χ3n) is 3.85. The van der Waals surface area contributed by atoms with Gasteiger partial charge in [0.2, 0.25) is 5.91 Å². The number of carbonyl (C=O) groups excluding carboxylic acids is 1. The van der Waals surface area contributed by atoms with Crippen molar-refractivity contribution in [3.8, 4) is 5.75 Å². The van der Waals surface area contributed by atoms with Gasteiger partial charge in [-0.05, 0) is 18.1 Å². The number of carboxylic acids is 1. The molecule has 2 aromatic rings. The Morgan fingerprint density at radius 2 is 2.29 bits per heavy atom. The van der Waals surface area contributed by atoms with Crippen LogP contribution in [-0.4, -0.2) is 44.6 Å². The van der Waals surface area contributed by atoms with Crippen molar-refractivity contribution in [2.75, 3.05) is 0 Å². The molecule has 24 heavy (non-hydrogen) atoms. The lowest BCUT2D eigenvalue weighted by molar-refractivity contribution is -0.121. The summed E-state index contributed by atoms with van der Waals surface area (Å²) in [6, 6.07) is 4.75. The molecule has 1 aliphatic rings. The minimum Gasteiger partial charge on any atom is -0.534 e. The summed E-state index contributed by atoms with van der Waals surface area (Å²) in [6.45, 7) is 0.481. The van der Waals surface area contributed by atoms with Gasteiger partial charge in [0.15, 0.2) is 0 Å². The summed E-state index contributed by atoms with van der Waals surface area (Å²) in [4.78, 5) is 27.1. The van der Waals surface area contributed by atoms with E-state index in [9.17, 15) is 14.6 Å². The van der Waals surface area contributed by atoms with Gasteiger partial charge < -0.3 is 24.7 Å². The van der Waals surface area contributed by atoms with Crippen LogP contribution in [0.1, 0.15) is 22.3 Å². The fourth-order valence-electron chi connectivity index (χ4n) is 2.64. The van der Waals surface area contributed by atoms with Crippen LogP contribution in [0.5, 0.6) is 5.75 Å². The number of hydrogen-bond acceptors (Lipinski definition) is 5. The first kappa shape index (κ1) is 16.1. The van der Waals surface area contributed by atoms with Crippen LogP contribution in [0, 0.1) is 0 Å². The van der Waals surface area contributed by atoms with Crippen LogP contribution < -0.4 is 9.97 Å². The Hall–Kier alpha value is -2.81. The summed E-state index contributed by atoms with van der Waals surface area (Å²) < 4.78 is 7.11. The van der Waals surface area contributed by atoms with Gasteiger partial charge in [0.1, 0.15) is 5.75 Å². The SMILES string of the molecule is O=C(CCn1ccnc1)NC1Cc2cccc(C(=O)O)c2OB1O. The van der Waals surface area contributed by atoms with Crippen LogP contribution in [0.15, 0.2) is 36.9 Å². The fraction of sp³-hybridized carbons (Fsp3) is 0.267. The summed E-state index contributed by atoms with van der Waals surface area (Å²) in [5.41, 5.74) is 0.636. The molecule has 0 saturated heterocycles. The van der Waals surface area contributed by atoms with Crippen LogP contribution in [0.2, 0.25) is 0 Å². The Labute approximate surface area is 138 Å². The summed E-state index contributed by atoms with van der Waals surface area (Å²) in [7, 11) is -1.30. The van der Waals surface area contributed by atoms with E-state index in [0.29, 0.717) is 18.5 Å². The van der Waals surface area contributed by atoms with E-state index in [1.54, 1.807) is 35.4 Å². The molecule has 0 aliphatic carbocycles. The fourth-order valence-corrected chi connectivity index (χ4v) is 2.64. The molecule has 0 spiro atoms. The number of carboxylic acid groups (broad SMARTS) is 1. The van der Waals surface area contributed by atoms with E-state index in [4.69, 9.17) is 9.76 Å². The molecule has 1 aliphatic heterocycles. The van der Waals surface area contributed by atoms with Gasteiger partial charge >= 0.3 is 13.1 Å². The van der Waals surface area contributed by atoms with Crippen molar-refractivity contribution in [2.24, 2.45) is 0 Å². The highest BCUT2D eigenvalue weighted by Crippen LogP contribution is 2.30. The molecule has 3 N–H and O–H groups in total. The van der Waals surface area contributed by atoms with Gasteiger partial charge in [-0.3, -0.25) is 4.79 Å². The largest absolute Gasteiger partial charge is 0.547 e. The van der Waals surface area contributed by atoms with E-state index in [1.165, 1.54) is 6.07 Å². The quantitative estimate of drug-likeness (QED) is 0.671. The number of carbonyl (C=O) groups is 2. The van der Waals surface area contributed by atoms with Crippen LogP contribution >= 0.6 is 0 Å². The Bertz CT molecular complexity index is 750. The van der Waals surface area contributed by atoms with Crippen LogP contribution in [0.4, 0.5) is 0 Å². The highest BCUT2D eigenvalue weighted by atomic mass is 16.5. The zero-order valence-corrected chi connectivity index (χ0v) is 12.8. The van der Waals surface area contributed by atoms with Crippen molar-refractivity contribution >= 4 is 19.0 Å². The van der Waals surface area contributed by atoms with Gasteiger partial charge in [-0.1, -0.05) is 12.1 Å². The standard InChI is InChI=1S/C15H16BN3O5/c20-13(4-6-19-7-5-17-9-19)18-12-8-10-2-1-3-11(15(21)22)14(10)24-16(12)23/h1-3,5,7,9,12,23H,4,6,8H2,(H,18,20)(H,21,22). The Morgan fingerprint density at radius 3 is 3.00 bits per heavy atom. The number of rotatable bonds is 5. The average Bonchev–Trinajstić information content (AvgIpc) is 3.06. The van der Waals surface area contributed by atoms with Gasteiger partial charge in [0.05, 0.1) is 17.8 Å². The van der Waals surface area contributed by atoms with Crippen LogP contribution in [0.25, 0.3) is 0 Å². The maximum Gasteiger partial charge on any atom is 0.547 e. The van der Waals surface area contributed by atoms with Gasteiger partial charge in [-0.2, -0.15) is 0 Å². The van der Waals surface area contributed by atoms with Crippen molar-refractivity contribution in [3.63, 3.8) is 0 Å². The number of aromatic nitrogens is 2. The highest BCUT2D eigenvalue weighted by Gasteiger charge is 2.37. The zero-order chi connectivity index (χ0) is 17.1. The third-order valence-corrected chi connectivity index (χ3v) is 3.85. The van der Waals surface area contributed by atoms with Gasteiger partial charge in [-0.25, -0.2) is 9.78 Å². The number of aryl methyl sites for hydroxylation is 1. The average molecular weight is 329 g/mol. The maximum atomic E-state index is 12.0. The number of fused-ring (bicyclic) bond motifs is 1. The van der Waals surface area contributed by atoms with Crippen molar-refractivity contribution in [1.82, 2.24) is 14.9 Å². The van der Waals surface area contributed by atoms with Gasteiger partial charge in [0, 0.05) is 25.4 Å². The lowest BCUT2D eigenvalue weighted by Gasteiger charge is -2.28. The summed E-state index contributed by atoms with van der Waals surface area (Å²) in [6.07, 6.45) is 5.55. The first-order valence-electron chi connectivity index (χ1n) is 7.49. The molecule has 8 nitrogen and oxygen atoms in total. The summed E-state index contributed by atoms with van der Waals surface area (Å²) in [5.74, 6) is -1.82. The number of imidazole rings is 1. The van der Waals surface area contributed by atoms with Crippen LogP contribution in [0.3, 0.4) is 0 Å². The Morgan fingerprint density at radius 1 is 1.46 bits per heavy atom. The third kappa shape index (κ3) is 3.41. The molecule has 3 rings (SSSR count). The molecule has 1 amide bonds. The van der Waals surface area contributed by atoms with Crippen molar-refractivity contribution in [3.05, 3.63) is 48.0 Å². The zero-order valence-electron chi connectivity index (χ0n) is 12.8. The maximum absolute atomic E-state index is 12.0. The van der Waals surface area contributed by atoms with E-state index in [0.717, 1.165) is 0 Å². The molecular weight excluding hydrogens is 313 g/mol. The number of hydrogen-bond donors (Lipinski definition) is 3. The molecule has 0 fully saturated rings. The van der Waals surface area contributed by atoms with E-state index in [-0.39, 0.29) is 23.6 Å². The summed E-state index contributed by atoms with van der Waals surface area (Å²) >= 11 is 0. The lowest BCUT2D eigenvalue weighted by Crippen LogP contribution is -2.53. The molecule has 1 atom stereocenters. The highest BCUT2D eigenvalue weighted by molar-refractivity contribution is 6.47. The second-order valence-electron chi connectivity index (χ2n) is 5.54. The number of para-hydroxylation sites is 1. The molecular formula is C15H16BN3O5. The first-order valence-corrected chi connectivity index (χ1v) is 7.49. The molecule has 124 valence electrons. The van der Waals surface area contributed by atoms with Gasteiger partial charge in [0.25, 0.3) is 0 Å². The number of nitrogens with zero attached hydrogens (tertiary/aromatic N) is 2. The Balaban J connectivity index is 1.64. The number of benzene rings is 1. The predicted octanol–water partition coefficient (Wildman–Crippen LogP) is 0.111. The molecule has 0 radical (unpaired) electrons. The number of aromatic carboxylic acids is 1. The second kappa shape index (κ2) is 6.75. The molecule has 1 unspecified atom stereocenters. The lowest BCUT2D eigenvalue weighted by atomic mass is 9.72. The molecule has 0 bridgehead atoms.